The quantitative estimate of drug-likeness (QED) is 0.0222. The summed E-state index contributed by atoms with van der Waals surface area (Å²) < 4.78 is 68.8. The Morgan fingerprint density at radius 2 is 0.462 bits per heavy atom. The number of esters is 4. The SMILES string of the molecule is CCC(C)CCCCCCCCCCCCCCCCCCCCC(=O)O[C@H](COC(=O)CCCCCCCCCC(C)C)COP(=O)(O)OCC(O)COP(=O)(O)OC[C@@H](COC(=O)CCCCCCCCCCCCCCCCCC(C)C)OC(=O)CCCCCCCCCCCCC(C)CC. The number of phosphoric ester groups is 2. The third kappa shape index (κ3) is 75.5. The number of carbonyl (C=O) groups excluding carboxylic acids is 4. The Balaban J connectivity index is 5.19. The predicted molar refractivity (Wildman–Crippen MR) is 428 cm³/mol. The van der Waals surface area contributed by atoms with Gasteiger partial charge in [-0.25, -0.2) is 9.13 Å². The van der Waals surface area contributed by atoms with Gasteiger partial charge in [0, 0.05) is 25.7 Å². The second-order valence-corrected chi connectivity index (χ2v) is 34.9. The summed E-state index contributed by atoms with van der Waals surface area (Å²) in [5.74, 6) is 1.07. The molecule has 0 bridgehead atoms. The highest BCUT2D eigenvalue weighted by Gasteiger charge is 2.30. The minimum absolute atomic E-state index is 0.106. The van der Waals surface area contributed by atoms with Crippen LogP contribution in [0, 0.1) is 23.7 Å². The topological polar surface area (TPSA) is 237 Å². The first kappa shape index (κ1) is 102. The van der Waals surface area contributed by atoms with Crippen LogP contribution in [0.15, 0.2) is 0 Å². The van der Waals surface area contributed by atoms with E-state index in [4.69, 9.17) is 37.0 Å². The third-order valence-corrected chi connectivity index (χ3v) is 22.4. The molecule has 0 rings (SSSR count). The molecule has 0 aromatic rings. The molecule has 0 aliphatic rings. The lowest BCUT2D eigenvalue weighted by molar-refractivity contribution is -0.161. The summed E-state index contributed by atoms with van der Waals surface area (Å²) in [5.41, 5.74) is 0. The monoisotopic (exact) mass is 1520 g/mol. The van der Waals surface area contributed by atoms with Crippen LogP contribution in [0.2, 0.25) is 0 Å². The van der Waals surface area contributed by atoms with E-state index in [1.165, 1.54) is 238 Å². The first-order chi connectivity index (χ1) is 50.2. The van der Waals surface area contributed by atoms with E-state index in [0.29, 0.717) is 31.6 Å². The lowest BCUT2D eigenvalue weighted by Crippen LogP contribution is -2.30. The molecule has 19 heteroatoms. The smallest absolute Gasteiger partial charge is 0.462 e. The molecule has 0 saturated carbocycles. The average Bonchev–Trinajstić information content (AvgIpc) is 0.904. The van der Waals surface area contributed by atoms with E-state index >= 15 is 0 Å². The van der Waals surface area contributed by atoms with Crippen molar-refractivity contribution in [1.29, 1.82) is 0 Å². The van der Waals surface area contributed by atoms with E-state index in [2.05, 4.69) is 55.4 Å². The molecule has 0 spiro atoms. The average molecular weight is 1520 g/mol. The Bertz CT molecular complexity index is 2030. The van der Waals surface area contributed by atoms with Crippen molar-refractivity contribution in [3.63, 3.8) is 0 Å². The van der Waals surface area contributed by atoms with Gasteiger partial charge in [-0.2, -0.15) is 0 Å². The summed E-state index contributed by atoms with van der Waals surface area (Å²) in [6, 6.07) is 0. The molecular formula is C85H166O17P2. The number of rotatable bonds is 82. The number of aliphatic hydroxyl groups is 1. The van der Waals surface area contributed by atoms with Crippen molar-refractivity contribution in [2.75, 3.05) is 39.6 Å². The van der Waals surface area contributed by atoms with Crippen LogP contribution in [-0.2, 0) is 65.4 Å². The highest BCUT2D eigenvalue weighted by Crippen LogP contribution is 2.45. The van der Waals surface area contributed by atoms with Crippen molar-refractivity contribution < 1.29 is 80.2 Å². The number of phosphoric acid groups is 2. The zero-order chi connectivity index (χ0) is 76.7. The van der Waals surface area contributed by atoms with E-state index < -0.39 is 97.5 Å². The van der Waals surface area contributed by atoms with Crippen molar-refractivity contribution in [2.24, 2.45) is 23.7 Å². The summed E-state index contributed by atoms with van der Waals surface area (Å²) >= 11 is 0. The van der Waals surface area contributed by atoms with E-state index in [1.54, 1.807) is 0 Å². The van der Waals surface area contributed by atoms with Crippen molar-refractivity contribution in [3.8, 4) is 0 Å². The maximum absolute atomic E-state index is 13.1. The Labute approximate surface area is 638 Å². The number of carbonyl (C=O) groups is 4. The first-order valence-electron chi connectivity index (χ1n) is 43.8. The van der Waals surface area contributed by atoms with Gasteiger partial charge in [0.05, 0.1) is 26.4 Å². The molecule has 3 N–H and O–H groups in total. The van der Waals surface area contributed by atoms with E-state index in [9.17, 15) is 43.2 Å². The number of unbranched alkanes of at least 4 members (excludes halogenated alkanes) is 46. The summed E-state index contributed by atoms with van der Waals surface area (Å²) in [7, 11) is -9.93. The predicted octanol–water partition coefficient (Wildman–Crippen LogP) is 25.6. The Hall–Kier alpha value is -1.94. The molecule has 0 aromatic heterocycles. The molecule has 0 aliphatic carbocycles. The van der Waals surface area contributed by atoms with E-state index in [1.807, 2.05) is 0 Å². The first-order valence-corrected chi connectivity index (χ1v) is 46.8. The molecule has 0 aromatic carbocycles. The Morgan fingerprint density at radius 3 is 0.683 bits per heavy atom. The minimum Gasteiger partial charge on any atom is -0.462 e. The fourth-order valence-corrected chi connectivity index (χ4v) is 14.7. The molecule has 0 fully saturated rings. The molecule has 0 saturated heterocycles. The summed E-state index contributed by atoms with van der Waals surface area (Å²) in [6.07, 6.45) is 62.5. The molecule has 0 amide bonds. The van der Waals surface area contributed by atoms with Crippen molar-refractivity contribution in [2.45, 2.75) is 459 Å². The molecule has 104 heavy (non-hydrogen) atoms. The lowest BCUT2D eigenvalue weighted by Gasteiger charge is -2.21. The van der Waals surface area contributed by atoms with Crippen LogP contribution < -0.4 is 0 Å². The van der Waals surface area contributed by atoms with Crippen LogP contribution in [0.3, 0.4) is 0 Å². The molecule has 7 atom stereocenters. The van der Waals surface area contributed by atoms with Gasteiger partial charge in [-0.1, -0.05) is 389 Å². The van der Waals surface area contributed by atoms with Gasteiger partial charge in [-0.15, -0.1) is 0 Å². The van der Waals surface area contributed by atoms with Crippen LogP contribution in [0.5, 0.6) is 0 Å². The summed E-state index contributed by atoms with van der Waals surface area (Å²) in [6.45, 7) is 14.3. The van der Waals surface area contributed by atoms with Crippen LogP contribution in [0.25, 0.3) is 0 Å². The number of aliphatic hydroxyl groups excluding tert-OH is 1. The second-order valence-electron chi connectivity index (χ2n) is 32.0. The lowest BCUT2D eigenvalue weighted by atomic mass is 9.99. The van der Waals surface area contributed by atoms with Crippen molar-refractivity contribution in [1.82, 2.24) is 0 Å². The highest BCUT2D eigenvalue weighted by molar-refractivity contribution is 7.47. The molecule has 17 nitrogen and oxygen atoms in total. The maximum Gasteiger partial charge on any atom is 0.472 e. The molecule has 0 heterocycles. The highest BCUT2D eigenvalue weighted by atomic mass is 31.2. The number of ether oxygens (including phenoxy) is 4. The van der Waals surface area contributed by atoms with Gasteiger partial charge in [0.15, 0.2) is 12.2 Å². The number of hydrogen-bond donors (Lipinski definition) is 3. The molecule has 5 unspecified atom stereocenters. The Kier molecular flexibility index (Phi) is 72.5. The fourth-order valence-electron chi connectivity index (χ4n) is 13.1. The van der Waals surface area contributed by atoms with Crippen molar-refractivity contribution in [3.05, 3.63) is 0 Å². The van der Waals surface area contributed by atoms with Crippen LogP contribution in [-0.4, -0.2) is 96.7 Å². The number of hydrogen-bond acceptors (Lipinski definition) is 15. The van der Waals surface area contributed by atoms with Gasteiger partial charge in [0.2, 0.25) is 0 Å². The normalized spacial score (nSPS) is 14.5. The summed E-state index contributed by atoms with van der Waals surface area (Å²) in [5, 5.41) is 10.7. The molecule has 0 radical (unpaired) electrons. The van der Waals surface area contributed by atoms with Gasteiger partial charge < -0.3 is 33.8 Å². The Morgan fingerprint density at radius 1 is 0.269 bits per heavy atom. The van der Waals surface area contributed by atoms with Crippen molar-refractivity contribution >= 4 is 39.5 Å². The van der Waals surface area contributed by atoms with Gasteiger partial charge in [-0.05, 0) is 49.4 Å². The van der Waals surface area contributed by atoms with Gasteiger partial charge in [-0.3, -0.25) is 37.3 Å². The maximum atomic E-state index is 13.1. The third-order valence-electron chi connectivity index (χ3n) is 20.5. The molecule has 0 aliphatic heterocycles. The van der Waals surface area contributed by atoms with Gasteiger partial charge >= 0.3 is 39.5 Å². The fraction of sp³-hybridized carbons (Fsp3) is 0.953. The largest absolute Gasteiger partial charge is 0.472 e. The van der Waals surface area contributed by atoms with E-state index in [0.717, 1.165) is 114 Å². The zero-order valence-corrected chi connectivity index (χ0v) is 70.5. The second kappa shape index (κ2) is 73.8. The van der Waals surface area contributed by atoms with Gasteiger partial charge in [0.25, 0.3) is 0 Å². The minimum atomic E-state index is -4.96. The van der Waals surface area contributed by atoms with Crippen LogP contribution in [0.4, 0.5) is 0 Å². The molecular weight excluding hydrogens is 1350 g/mol. The standard InChI is InChI=1S/C85H166O17P2/c1-9-77(7)63-55-47-39-31-25-21-17-13-11-12-14-18-23-27-34-42-51-59-67-84(89)102-81(72-96-83(88)66-58-50-44-36-38-46-54-62-76(5)6)74-100-104(93,94)98-70-79(86)69-97-103(91,92)99-73-80(101-85(90)68-60-52-43-35-29-28-32-40-48-56-64-78(8)10-2)71-95-82(87)65-57-49-41-33-26-22-19-15-16-20-24-30-37-45-53-61-75(3)4/h75-81,86H,9-74H2,1-8H3,(H,91,92)(H,93,94)/t77?,78?,79?,80-,81-/m1/s1. The van der Waals surface area contributed by atoms with Crippen LogP contribution >= 0.6 is 15.6 Å². The zero-order valence-electron chi connectivity index (χ0n) is 68.7. The van der Waals surface area contributed by atoms with Gasteiger partial charge in [0.1, 0.15) is 19.3 Å². The summed E-state index contributed by atoms with van der Waals surface area (Å²) in [4.78, 5) is 73.1. The molecule has 618 valence electrons. The van der Waals surface area contributed by atoms with E-state index in [-0.39, 0.29) is 25.7 Å². The van der Waals surface area contributed by atoms with Crippen LogP contribution in [0.1, 0.15) is 441 Å².